The number of hydrogen-bond donors (Lipinski definition) is 1. The molecule has 0 amide bonds. The number of rotatable bonds is 10. The topological polar surface area (TPSA) is 80.9 Å². The Morgan fingerprint density at radius 1 is 1.13 bits per heavy atom. The molecular weight excluding hydrogens is 376 g/mol. The predicted octanol–water partition coefficient (Wildman–Crippen LogP) is 5.02. The zero-order valence-electron chi connectivity index (χ0n) is 18.0. The second-order valence-electron chi connectivity index (χ2n) is 8.04. The first-order chi connectivity index (χ1) is 14.5. The number of carbonyl (C=O) groups is 1. The van der Waals surface area contributed by atoms with Gasteiger partial charge < -0.3 is 5.11 Å². The minimum absolute atomic E-state index is 0.207. The van der Waals surface area contributed by atoms with Gasteiger partial charge in [0.1, 0.15) is 5.82 Å². The largest absolute Gasteiger partial charge is 0.478 e. The third-order valence-electron chi connectivity index (χ3n) is 5.09. The van der Waals surface area contributed by atoms with E-state index in [9.17, 15) is 9.90 Å². The lowest BCUT2D eigenvalue weighted by molar-refractivity contribution is 0.0697. The molecular formula is C24H30N4O2. The van der Waals surface area contributed by atoms with Crippen LogP contribution in [0.25, 0.3) is 11.3 Å². The van der Waals surface area contributed by atoms with Gasteiger partial charge in [0.2, 0.25) is 0 Å². The molecule has 6 heteroatoms. The lowest BCUT2D eigenvalue weighted by Crippen LogP contribution is -2.07. The Morgan fingerprint density at radius 3 is 2.57 bits per heavy atom. The normalized spacial score (nSPS) is 11.2. The molecule has 0 radical (unpaired) electrons. The predicted molar refractivity (Wildman–Crippen MR) is 118 cm³/mol. The van der Waals surface area contributed by atoms with Crippen LogP contribution in [0.4, 0.5) is 0 Å². The van der Waals surface area contributed by atoms with Crippen molar-refractivity contribution in [1.29, 1.82) is 0 Å². The summed E-state index contributed by atoms with van der Waals surface area (Å²) in [6.07, 6.45) is 6.75. The summed E-state index contributed by atoms with van der Waals surface area (Å²) in [5.74, 6) is 1.62. The molecule has 30 heavy (non-hydrogen) atoms. The van der Waals surface area contributed by atoms with Gasteiger partial charge in [0.05, 0.1) is 17.8 Å². The maximum atomic E-state index is 11.5. The summed E-state index contributed by atoms with van der Waals surface area (Å²) in [6.45, 7) is 7.27. The molecule has 3 rings (SSSR count). The molecule has 0 fully saturated rings. The Bertz CT molecular complexity index is 977. The molecule has 0 spiro atoms. The van der Waals surface area contributed by atoms with Gasteiger partial charge in [0, 0.05) is 24.6 Å². The van der Waals surface area contributed by atoms with E-state index in [0.29, 0.717) is 18.2 Å². The fourth-order valence-electron chi connectivity index (χ4n) is 3.35. The highest BCUT2D eigenvalue weighted by molar-refractivity contribution is 5.94. The number of carboxylic acid groups (broad SMARTS) is 1. The van der Waals surface area contributed by atoms with Crippen molar-refractivity contribution in [3.05, 3.63) is 65.4 Å². The molecule has 0 saturated heterocycles. The van der Waals surface area contributed by atoms with Gasteiger partial charge in [-0.15, -0.1) is 0 Å². The highest BCUT2D eigenvalue weighted by atomic mass is 16.4. The van der Waals surface area contributed by atoms with E-state index in [4.69, 9.17) is 10.1 Å². The van der Waals surface area contributed by atoms with Crippen LogP contribution in [0.5, 0.6) is 0 Å². The molecule has 2 aromatic heterocycles. The number of aryl methyl sites for hydroxylation is 2. The SMILES string of the molecule is CCCCc1nc(CCC(C)C)nn1Cc1ccc(-c2ncccc2C(=O)O)cc1. The van der Waals surface area contributed by atoms with Crippen LogP contribution >= 0.6 is 0 Å². The van der Waals surface area contributed by atoms with Crippen molar-refractivity contribution in [3.63, 3.8) is 0 Å². The van der Waals surface area contributed by atoms with Crippen LogP contribution in [0, 0.1) is 5.92 Å². The first-order valence-electron chi connectivity index (χ1n) is 10.7. The van der Waals surface area contributed by atoms with E-state index in [0.717, 1.165) is 54.9 Å². The van der Waals surface area contributed by atoms with E-state index in [-0.39, 0.29) is 5.56 Å². The van der Waals surface area contributed by atoms with Crippen molar-refractivity contribution in [1.82, 2.24) is 19.7 Å². The molecule has 0 bridgehead atoms. The Balaban J connectivity index is 1.80. The number of carboxylic acids is 1. The van der Waals surface area contributed by atoms with Gasteiger partial charge in [-0.2, -0.15) is 5.10 Å². The van der Waals surface area contributed by atoms with Crippen LogP contribution in [-0.2, 0) is 19.4 Å². The molecule has 1 N–H and O–H groups in total. The summed E-state index contributed by atoms with van der Waals surface area (Å²) in [7, 11) is 0. The quantitative estimate of drug-likeness (QED) is 0.511. The van der Waals surface area contributed by atoms with Gasteiger partial charge >= 0.3 is 5.97 Å². The van der Waals surface area contributed by atoms with E-state index in [2.05, 4.69) is 25.8 Å². The van der Waals surface area contributed by atoms with Crippen molar-refractivity contribution in [2.75, 3.05) is 0 Å². The zero-order chi connectivity index (χ0) is 21.5. The average molecular weight is 407 g/mol. The number of benzene rings is 1. The molecule has 0 atom stereocenters. The molecule has 0 aliphatic carbocycles. The number of hydrogen-bond acceptors (Lipinski definition) is 4. The van der Waals surface area contributed by atoms with Crippen LogP contribution in [-0.4, -0.2) is 30.8 Å². The van der Waals surface area contributed by atoms with E-state index < -0.39 is 5.97 Å². The lowest BCUT2D eigenvalue weighted by atomic mass is 10.0. The van der Waals surface area contributed by atoms with Gasteiger partial charge in [-0.05, 0) is 36.5 Å². The molecule has 1 aromatic carbocycles. The van der Waals surface area contributed by atoms with Gasteiger partial charge in [-0.25, -0.2) is 14.5 Å². The maximum Gasteiger partial charge on any atom is 0.337 e. The van der Waals surface area contributed by atoms with Crippen LogP contribution in [0.2, 0.25) is 0 Å². The Hall–Kier alpha value is -3.02. The van der Waals surface area contributed by atoms with Gasteiger partial charge in [0.15, 0.2) is 5.82 Å². The average Bonchev–Trinajstić information content (AvgIpc) is 3.12. The van der Waals surface area contributed by atoms with Crippen molar-refractivity contribution in [2.24, 2.45) is 5.92 Å². The molecule has 0 aliphatic rings. The van der Waals surface area contributed by atoms with Crippen molar-refractivity contribution < 1.29 is 9.90 Å². The second-order valence-corrected chi connectivity index (χ2v) is 8.04. The van der Waals surface area contributed by atoms with Crippen molar-refractivity contribution >= 4 is 5.97 Å². The number of unbranched alkanes of at least 4 members (excludes halogenated alkanes) is 1. The van der Waals surface area contributed by atoms with E-state index in [1.54, 1.807) is 18.3 Å². The van der Waals surface area contributed by atoms with Crippen LogP contribution < -0.4 is 0 Å². The number of pyridine rings is 1. The fourth-order valence-corrected chi connectivity index (χ4v) is 3.35. The molecule has 2 heterocycles. The van der Waals surface area contributed by atoms with E-state index in [1.165, 1.54) is 0 Å². The highest BCUT2D eigenvalue weighted by Gasteiger charge is 2.14. The standard InChI is InChI=1S/C24H30N4O2/c1-4-5-8-22-26-21(14-9-17(2)3)27-28(22)16-18-10-12-19(13-11-18)23-20(24(29)30)7-6-15-25-23/h6-7,10-13,15,17H,4-5,8-9,14,16H2,1-3H3,(H,29,30). The Morgan fingerprint density at radius 2 is 1.90 bits per heavy atom. The summed E-state index contributed by atoms with van der Waals surface area (Å²) in [5, 5.41) is 14.2. The first-order valence-corrected chi connectivity index (χ1v) is 10.7. The van der Waals surface area contributed by atoms with E-state index in [1.807, 2.05) is 28.9 Å². The Kier molecular flexibility index (Phi) is 7.33. The van der Waals surface area contributed by atoms with Crippen LogP contribution in [0.1, 0.15) is 67.6 Å². The fraction of sp³-hybridized carbons (Fsp3) is 0.417. The highest BCUT2D eigenvalue weighted by Crippen LogP contribution is 2.22. The molecule has 158 valence electrons. The summed E-state index contributed by atoms with van der Waals surface area (Å²) in [4.78, 5) is 20.5. The molecule has 6 nitrogen and oxygen atoms in total. The van der Waals surface area contributed by atoms with Crippen molar-refractivity contribution in [2.45, 2.75) is 59.4 Å². The number of aromatic carboxylic acids is 1. The second kappa shape index (κ2) is 10.1. The zero-order valence-corrected chi connectivity index (χ0v) is 18.0. The summed E-state index contributed by atoms with van der Waals surface area (Å²) in [5.41, 5.74) is 2.58. The number of aromatic nitrogens is 4. The van der Waals surface area contributed by atoms with E-state index >= 15 is 0 Å². The Labute approximate surface area is 178 Å². The molecule has 0 saturated carbocycles. The van der Waals surface area contributed by atoms with Crippen molar-refractivity contribution in [3.8, 4) is 11.3 Å². The van der Waals surface area contributed by atoms with Crippen LogP contribution in [0.15, 0.2) is 42.6 Å². The minimum Gasteiger partial charge on any atom is -0.478 e. The van der Waals surface area contributed by atoms with Gasteiger partial charge in [-0.3, -0.25) is 4.98 Å². The molecule has 0 unspecified atom stereocenters. The number of nitrogens with zero attached hydrogens (tertiary/aromatic N) is 4. The first kappa shape index (κ1) is 21.7. The molecule has 3 aromatic rings. The lowest BCUT2D eigenvalue weighted by Gasteiger charge is -2.08. The summed E-state index contributed by atoms with van der Waals surface area (Å²) >= 11 is 0. The summed E-state index contributed by atoms with van der Waals surface area (Å²) < 4.78 is 2.02. The smallest absolute Gasteiger partial charge is 0.337 e. The monoisotopic (exact) mass is 406 g/mol. The minimum atomic E-state index is -0.973. The third kappa shape index (κ3) is 5.53. The summed E-state index contributed by atoms with van der Waals surface area (Å²) in [6, 6.07) is 11.1. The van der Waals surface area contributed by atoms with Gasteiger partial charge in [0.25, 0.3) is 0 Å². The maximum absolute atomic E-state index is 11.5. The van der Waals surface area contributed by atoms with Crippen LogP contribution in [0.3, 0.4) is 0 Å². The van der Waals surface area contributed by atoms with Gasteiger partial charge in [-0.1, -0.05) is 51.5 Å². The molecule has 0 aliphatic heterocycles. The third-order valence-corrected chi connectivity index (χ3v) is 5.09.